The lowest BCUT2D eigenvalue weighted by atomic mass is 9.46. The van der Waals surface area contributed by atoms with E-state index in [-0.39, 0.29) is 17.4 Å². The van der Waals surface area contributed by atoms with Gasteiger partial charge in [-0.2, -0.15) is 5.26 Å². The molecule has 4 bridgehead atoms. The Morgan fingerprint density at radius 1 is 1.16 bits per heavy atom. The molecule has 6 rings (SSSR count). The number of aliphatic hydroxyl groups is 1. The van der Waals surface area contributed by atoms with E-state index in [1.165, 1.54) is 0 Å². The summed E-state index contributed by atoms with van der Waals surface area (Å²) >= 11 is 0. The normalized spacial score (nSPS) is 45.6. The number of nitrogens with one attached hydrogen (secondary N) is 1. The van der Waals surface area contributed by atoms with Crippen LogP contribution in [-0.4, -0.2) is 51.3 Å². The summed E-state index contributed by atoms with van der Waals surface area (Å²) in [7, 11) is 0. The topological polar surface area (TPSA) is 103 Å². The standard InChI is InChI=1S/C24H35N3O4/c1-21(2,3)31-20(29)26-18(19(28)27-16(12-25)10-22(4)11-17(22)27)23-6-14-5-15(7-23)9-24(30,8-14)13-23/h14-18,30H,5-11,13H2,1-4H3,(H,26,29)/t14?,15?,16-,17-,18+,22+,23?,24?/m0/s1. The van der Waals surface area contributed by atoms with E-state index >= 15 is 0 Å². The molecule has 1 heterocycles. The molecule has 2 amide bonds. The molecule has 0 aromatic heterocycles. The fourth-order valence-electron chi connectivity index (χ4n) is 7.88. The van der Waals surface area contributed by atoms with Gasteiger partial charge in [-0.15, -0.1) is 0 Å². The number of hydrogen-bond donors (Lipinski definition) is 2. The largest absolute Gasteiger partial charge is 0.444 e. The molecule has 2 unspecified atom stereocenters. The van der Waals surface area contributed by atoms with Gasteiger partial charge in [0.25, 0.3) is 0 Å². The van der Waals surface area contributed by atoms with Crippen LogP contribution in [-0.2, 0) is 9.53 Å². The van der Waals surface area contributed by atoms with E-state index in [1.807, 2.05) is 0 Å². The molecule has 1 saturated heterocycles. The van der Waals surface area contributed by atoms with E-state index in [0.29, 0.717) is 24.7 Å². The predicted molar refractivity (Wildman–Crippen MR) is 113 cm³/mol. The van der Waals surface area contributed by atoms with E-state index in [9.17, 15) is 20.0 Å². The molecule has 6 aliphatic rings. The number of nitrogens with zero attached hydrogens (tertiary/aromatic N) is 2. The molecule has 7 heteroatoms. The zero-order valence-corrected chi connectivity index (χ0v) is 19.1. The van der Waals surface area contributed by atoms with Crippen LogP contribution >= 0.6 is 0 Å². The quantitative estimate of drug-likeness (QED) is 0.718. The molecule has 0 radical (unpaired) electrons. The Morgan fingerprint density at radius 3 is 2.35 bits per heavy atom. The van der Waals surface area contributed by atoms with Gasteiger partial charge < -0.3 is 20.1 Å². The second-order valence-corrected chi connectivity index (χ2v) is 12.6. The Balaban J connectivity index is 1.48. The number of ether oxygens (including phenoxy) is 1. The zero-order valence-electron chi connectivity index (χ0n) is 19.1. The SMILES string of the molecule is CC(C)(C)OC(=O)N[C@H](C(=O)N1[C@H](C#N)C[C@]2(C)C[C@H]12)C12CC3CC(CC(O)(C3)C1)C2. The van der Waals surface area contributed by atoms with Gasteiger partial charge >= 0.3 is 6.09 Å². The van der Waals surface area contributed by atoms with Crippen molar-refractivity contribution >= 4 is 12.0 Å². The molecule has 5 saturated carbocycles. The zero-order chi connectivity index (χ0) is 22.4. The minimum Gasteiger partial charge on any atom is -0.444 e. The Bertz CT molecular complexity index is 844. The van der Waals surface area contributed by atoms with E-state index in [0.717, 1.165) is 38.5 Å². The average Bonchev–Trinajstić information content (AvgIpc) is 3.16. The third-order valence-corrected chi connectivity index (χ3v) is 8.63. The van der Waals surface area contributed by atoms with Gasteiger partial charge in [0.2, 0.25) is 5.91 Å². The van der Waals surface area contributed by atoms with Gasteiger partial charge in [-0.3, -0.25) is 4.79 Å². The number of carbonyl (C=O) groups excluding carboxylic acids is 2. The number of piperidine rings is 1. The van der Waals surface area contributed by atoms with Crippen molar-refractivity contribution in [3.63, 3.8) is 0 Å². The highest BCUT2D eigenvalue weighted by Gasteiger charge is 2.67. The Hall–Kier alpha value is -1.81. The molecule has 2 N–H and O–H groups in total. The highest BCUT2D eigenvalue weighted by Crippen LogP contribution is 2.64. The van der Waals surface area contributed by atoms with Crippen LogP contribution in [0.5, 0.6) is 0 Å². The Labute approximate surface area is 184 Å². The molecule has 0 aromatic rings. The Morgan fingerprint density at radius 2 is 1.81 bits per heavy atom. The van der Waals surface area contributed by atoms with Crippen molar-refractivity contribution in [1.82, 2.24) is 10.2 Å². The summed E-state index contributed by atoms with van der Waals surface area (Å²) in [5.41, 5.74) is -1.87. The van der Waals surface area contributed by atoms with Gasteiger partial charge in [0.15, 0.2) is 0 Å². The van der Waals surface area contributed by atoms with Crippen molar-refractivity contribution in [1.29, 1.82) is 5.26 Å². The molecule has 7 nitrogen and oxygen atoms in total. The summed E-state index contributed by atoms with van der Waals surface area (Å²) in [4.78, 5) is 28.6. The summed E-state index contributed by atoms with van der Waals surface area (Å²) in [6, 6.07) is 1.18. The minimum absolute atomic E-state index is 0.0200. The van der Waals surface area contributed by atoms with Crippen LogP contribution in [0.25, 0.3) is 0 Å². The van der Waals surface area contributed by atoms with Crippen molar-refractivity contribution in [2.24, 2.45) is 22.7 Å². The second-order valence-electron chi connectivity index (χ2n) is 12.6. The molecule has 1 aliphatic heterocycles. The van der Waals surface area contributed by atoms with Crippen LogP contribution in [0, 0.1) is 34.0 Å². The molecule has 6 fully saturated rings. The number of nitriles is 1. The Kier molecular flexibility index (Phi) is 4.33. The lowest BCUT2D eigenvalue weighted by molar-refractivity contribution is -0.180. The van der Waals surface area contributed by atoms with Crippen LogP contribution < -0.4 is 5.32 Å². The predicted octanol–water partition coefficient (Wildman–Crippen LogP) is 3.11. The fourth-order valence-corrected chi connectivity index (χ4v) is 7.88. The van der Waals surface area contributed by atoms with Crippen LogP contribution in [0.3, 0.4) is 0 Å². The maximum Gasteiger partial charge on any atom is 0.408 e. The van der Waals surface area contributed by atoms with Crippen molar-refractivity contribution < 1.29 is 19.4 Å². The van der Waals surface area contributed by atoms with Crippen LogP contribution in [0.4, 0.5) is 4.79 Å². The molecule has 31 heavy (non-hydrogen) atoms. The van der Waals surface area contributed by atoms with E-state index in [1.54, 1.807) is 25.7 Å². The van der Waals surface area contributed by atoms with Crippen LogP contribution in [0.15, 0.2) is 0 Å². The number of likely N-dealkylation sites (tertiary alicyclic amines) is 1. The molecule has 6 atom stereocenters. The van der Waals surface area contributed by atoms with E-state index in [4.69, 9.17) is 4.74 Å². The maximum atomic E-state index is 14.0. The molecular formula is C24H35N3O4. The van der Waals surface area contributed by atoms with Crippen molar-refractivity contribution in [2.45, 2.75) is 108 Å². The van der Waals surface area contributed by atoms with Crippen molar-refractivity contribution in [3.8, 4) is 6.07 Å². The average molecular weight is 430 g/mol. The highest BCUT2D eigenvalue weighted by molar-refractivity contribution is 5.88. The number of amides is 2. The van der Waals surface area contributed by atoms with Crippen molar-refractivity contribution in [3.05, 3.63) is 0 Å². The van der Waals surface area contributed by atoms with E-state index < -0.39 is 34.8 Å². The van der Waals surface area contributed by atoms with Crippen molar-refractivity contribution in [2.75, 3.05) is 0 Å². The van der Waals surface area contributed by atoms with Gasteiger partial charge in [-0.25, -0.2) is 4.79 Å². The third-order valence-electron chi connectivity index (χ3n) is 8.63. The van der Waals surface area contributed by atoms with Gasteiger partial charge in [0.1, 0.15) is 17.7 Å². The number of fused-ring (bicyclic) bond motifs is 1. The minimum atomic E-state index is -0.765. The lowest BCUT2D eigenvalue weighted by Gasteiger charge is -2.62. The van der Waals surface area contributed by atoms with Crippen LogP contribution in [0.2, 0.25) is 0 Å². The summed E-state index contributed by atoms with van der Waals surface area (Å²) in [6.45, 7) is 7.55. The number of rotatable bonds is 3. The third kappa shape index (κ3) is 3.42. The van der Waals surface area contributed by atoms with Gasteiger partial charge in [-0.1, -0.05) is 6.92 Å². The number of hydrogen-bond acceptors (Lipinski definition) is 5. The van der Waals surface area contributed by atoms with Crippen LogP contribution in [0.1, 0.15) is 79.1 Å². The molecule has 0 aromatic carbocycles. The van der Waals surface area contributed by atoms with Gasteiger partial charge in [0.05, 0.1) is 11.7 Å². The maximum absolute atomic E-state index is 14.0. The molecule has 0 spiro atoms. The second kappa shape index (κ2) is 6.37. The first kappa shape index (κ1) is 21.1. The van der Waals surface area contributed by atoms with E-state index in [2.05, 4.69) is 18.3 Å². The van der Waals surface area contributed by atoms with Gasteiger partial charge in [0, 0.05) is 11.5 Å². The molecule has 170 valence electrons. The highest BCUT2D eigenvalue weighted by atomic mass is 16.6. The monoisotopic (exact) mass is 429 g/mol. The molecule has 5 aliphatic carbocycles. The number of alkyl carbamates (subject to hydrolysis) is 1. The first-order valence-electron chi connectivity index (χ1n) is 11.8. The first-order valence-corrected chi connectivity index (χ1v) is 11.8. The van der Waals surface area contributed by atoms with Gasteiger partial charge in [-0.05, 0) is 89.4 Å². The summed E-state index contributed by atoms with van der Waals surface area (Å²) < 4.78 is 5.53. The molecular weight excluding hydrogens is 394 g/mol. The lowest BCUT2D eigenvalue weighted by Crippen LogP contribution is -2.66. The smallest absolute Gasteiger partial charge is 0.408 e. The summed E-state index contributed by atoms with van der Waals surface area (Å²) in [6.07, 6.45) is 5.91. The fraction of sp³-hybridized carbons (Fsp3) is 0.875. The first-order chi connectivity index (χ1) is 14.4. The summed E-state index contributed by atoms with van der Waals surface area (Å²) in [5.74, 6) is 0.617. The summed E-state index contributed by atoms with van der Waals surface area (Å²) in [5, 5.41) is 23.9. The number of carbonyl (C=O) groups is 2.